The van der Waals surface area contributed by atoms with Crippen LogP contribution in [0.1, 0.15) is 18.1 Å². The molecule has 3 aromatic rings. The van der Waals surface area contributed by atoms with Gasteiger partial charge in [-0.15, -0.1) is 11.3 Å². The van der Waals surface area contributed by atoms with Crippen molar-refractivity contribution >= 4 is 44.9 Å². The van der Waals surface area contributed by atoms with Gasteiger partial charge in [-0.2, -0.15) is 0 Å². The molecule has 0 spiro atoms. The van der Waals surface area contributed by atoms with Crippen molar-refractivity contribution in [3.8, 4) is 0 Å². The summed E-state index contributed by atoms with van der Waals surface area (Å²) in [5, 5.41) is 5.39. The van der Waals surface area contributed by atoms with Gasteiger partial charge in [0.2, 0.25) is 5.91 Å². The van der Waals surface area contributed by atoms with Crippen LogP contribution in [0.3, 0.4) is 0 Å². The average molecular weight is 374 g/mol. The molecule has 0 aliphatic heterocycles. The van der Waals surface area contributed by atoms with E-state index in [0.717, 1.165) is 23.2 Å². The van der Waals surface area contributed by atoms with E-state index in [0.29, 0.717) is 15.4 Å². The van der Waals surface area contributed by atoms with Gasteiger partial charge in [-0.25, -0.2) is 4.98 Å². The number of amides is 1. The van der Waals surface area contributed by atoms with Crippen LogP contribution in [0.15, 0.2) is 39.6 Å². The molecule has 25 heavy (non-hydrogen) atoms. The molecule has 2 aromatic heterocycles. The molecule has 0 fully saturated rings. The Bertz CT molecular complexity index is 992. The van der Waals surface area contributed by atoms with Gasteiger partial charge in [-0.3, -0.25) is 14.2 Å². The van der Waals surface area contributed by atoms with E-state index in [9.17, 15) is 9.59 Å². The lowest BCUT2D eigenvalue weighted by Gasteiger charge is -2.13. The summed E-state index contributed by atoms with van der Waals surface area (Å²) in [6.07, 6.45) is 0.856. The highest BCUT2D eigenvalue weighted by Gasteiger charge is 2.13. The van der Waals surface area contributed by atoms with E-state index in [4.69, 9.17) is 0 Å². The fourth-order valence-electron chi connectivity index (χ4n) is 2.60. The number of carbonyl (C=O) groups is 1. The summed E-state index contributed by atoms with van der Waals surface area (Å²) in [5.74, 6) is 0.0987. The van der Waals surface area contributed by atoms with Crippen LogP contribution in [0.2, 0.25) is 0 Å². The highest BCUT2D eigenvalue weighted by molar-refractivity contribution is 7.99. The van der Waals surface area contributed by atoms with Gasteiger partial charge >= 0.3 is 0 Å². The molecule has 0 aliphatic rings. The van der Waals surface area contributed by atoms with Crippen molar-refractivity contribution in [3.63, 3.8) is 0 Å². The second kappa shape index (κ2) is 7.41. The summed E-state index contributed by atoms with van der Waals surface area (Å²) in [6.45, 7) is 4.05. The molecule has 0 radical (unpaired) electrons. The zero-order valence-electron chi connectivity index (χ0n) is 14.3. The van der Waals surface area contributed by atoms with Gasteiger partial charge < -0.3 is 5.32 Å². The van der Waals surface area contributed by atoms with Gasteiger partial charge in [0.05, 0.1) is 11.3 Å². The normalized spacial score (nSPS) is 11.0. The number of aryl methyl sites for hydroxylation is 2. The van der Waals surface area contributed by atoms with Gasteiger partial charge in [0, 0.05) is 12.7 Å². The van der Waals surface area contributed by atoms with Gasteiger partial charge in [-0.05, 0) is 35.9 Å². The Hall–Kier alpha value is -2.12. The number of nitrogens with zero attached hydrogens (tertiary/aromatic N) is 2. The van der Waals surface area contributed by atoms with Crippen molar-refractivity contribution < 1.29 is 4.79 Å². The van der Waals surface area contributed by atoms with E-state index in [-0.39, 0.29) is 17.2 Å². The van der Waals surface area contributed by atoms with Crippen LogP contribution in [0.4, 0.5) is 5.69 Å². The van der Waals surface area contributed by atoms with E-state index in [2.05, 4.69) is 17.2 Å². The lowest BCUT2D eigenvalue weighted by atomic mass is 10.1. The standard InChI is InChI=1S/C18H19N3O2S2/c1-4-12-7-5-6-11(2)15(12)20-14(22)10-25-18-19-13-8-9-24-16(13)17(23)21(18)3/h5-9H,4,10H2,1-3H3,(H,20,22). The van der Waals surface area contributed by atoms with Crippen LogP contribution in [0.25, 0.3) is 10.2 Å². The number of benzene rings is 1. The summed E-state index contributed by atoms with van der Waals surface area (Å²) in [4.78, 5) is 29.1. The Morgan fingerprint density at radius 1 is 1.36 bits per heavy atom. The molecular formula is C18H19N3O2S2. The smallest absolute Gasteiger partial charge is 0.271 e. The van der Waals surface area contributed by atoms with E-state index < -0.39 is 0 Å². The molecule has 0 bridgehead atoms. The summed E-state index contributed by atoms with van der Waals surface area (Å²) in [6, 6.07) is 7.82. The van der Waals surface area contributed by atoms with Crippen LogP contribution in [-0.2, 0) is 18.3 Å². The van der Waals surface area contributed by atoms with Gasteiger partial charge in [-0.1, -0.05) is 36.9 Å². The lowest BCUT2D eigenvalue weighted by Crippen LogP contribution is -2.21. The molecule has 0 saturated heterocycles. The van der Waals surface area contributed by atoms with Crippen molar-refractivity contribution in [1.29, 1.82) is 0 Å². The van der Waals surface area contributed by atoms with Crippen LogP contribution in [0, 0.1) is 6.92 Å². The van der Waals surface area contributed by atoms with Crippen LogP contribution in [0.5, 0.6) is 0 Å². The average Bonchev–Trinajstić information content (AvgIpc) is 3.07. The maximum absolute atomic E-state index is 12.4. The largest absolute Gasteiger partial charge is 0.325 e. The molecule has 130 valence electrons. The number of anilines is 1. The first kappa shape index (κ1) is 17.7. The van der Waals surface area contributed by atoms with Crippen molar-refractivity contribution in [2.45, 2.75) is 25.4 Å². The third kappa shape index (κ3) is 3.62. The minimum absolute atomic E-state index is 0.0740. The number of thioether (sulfide) groups is 1. The summed E-state index contributed by atoms with van der Waals surface area (Å²) in [5.41, 5.74) is 3.65. The molecule has 3 rings (SSSR count). The molecule has 0 atom stereocenters. The Morgan fingerprint density at radius 3 is 2.92 bits per heavy atom. The van der Waals surface area contributed by atoms with Crippen molar-refractivity contribution in [2.24, 2.45) is 7.05 Å². The Balaban J connectivity index is 1.75. The van der Waals surface area contributed by atoms with Crippen LogP contribution in [-0.4, -0.2) is 21.2 Å². The zero-order chi connectivity index (χ0) is 18.0. The highest BCUT2D eigenvalue weighted by atomic mass is 32.2. The molecule has 7 heteroatoms. The molecular weight excluding hydrogens is 354 g/mol. The van der Waals surface area contributed by atoms with Crippen LogP contribution < -0.4 is 10.9 Å². The predicted octanol–water partition coefficient (Wildman–Crippen LogP) is 3.60. The Labute approximate surface area is 154 Å². The number of carbonyl (C=O) groups excluding carboxylic acids is 1. The second-order valence-corrected chi connectivity index (χ2v) is 7.55. The first-order valence-electron chi connectivity index (χ1n) is 7.96. The maximum Gasteiger partial charge on any atom is 0.271 e. The maximum atomic E-state index is 12.4. The molecule has 5 nitrogen and oxygen atoms in total. The quantitative estimate of drug-likeness (QED) is 0.548. The molecule has 1 aromatic carbocycles. The highest BCUT2D eigenvalue weighted by Crippen LogP contribution is 2.23. The van der Waals surface area contributed by atoms with E-state index in [1.54, 1.807) is 7.05 Å². The fraction of sp³-hybridized carbons (Fsp3) is 0.278. The molecule has 0 aliphatic carbocycles. The molecule has 0 unspecified atom stereocenters. The minimum atomic E-state index is -0.103. The number of hydrogen-bond acceptors (Lipinski definition) is 5. The number of hydrogen-bond donors (Lipinski definition) is 1. The van der Waals surface area contributed by atoms with Gasteiger partial charge in [0.25, 0.3) is 5.56 Å². The Kier molecular flexibility index (Phi) is 5.24. The van der Waals surface area contributed by atoms with E-state index >= 15 is 0 Å². The van der Waals surface area contributed by atoms with Crippen molar-refractivity contribution in [2.75, 3.05) is 11.1 Å². The molecule has 0 saturated carbocycles. The number of thiophene rings is 1. The number of para-hydroxylation sites is 1. The second-order valence-electron chi connectivity index (χ2n) is 5.69. The first-order chi connectivity index (χ1) is 12.0. The van der Waals surface area contributed by atoms with E-state index in [1.807, 2.05) is 36.6 Å². The summed E-state index contributed by atoms with van der Waals surface area (Å²) < 4.78 is 2.14. The van der Waals surface area contributed by atoms with Crippen LogP contribution >= 0.6 is 23.1 Å². The number of nitrogens with one attached hydrogen (secondary N) is 1. The monoisotopic (exact) mass is 373 g/mol. The number of aromatic nitrogens is 2. The van der Waals surface area contributed by atoms with E-state index in [1.165, 1.54) is 27.7 Å². The fourth-order valence-corrected chi connectivity index (χ4v) is 4.18. The SMILES string of the molecule is CCc1cccc(C)c1NC(=O)CSc1nc2ccsc2c(=O)n1C. The zero-order valence-corrected chi connectivity index (χ0v) is 16.0. The van der Waals surface area contributed by atoms with Crippen molar-refractivity contribution in [3.05, 3.63) is 51.1 Å². The summed E-state index contributed by atoms with van der Waals surface area (Å²) >= 11 is 2.65. The third-order valence-corrected chi connectivity index (χ3v) is 5.90. The first-order valence-corrected chi connectivity index (χ1v) is 9.83. The molecule has 2 heterocycles. The summed E-state index contributed by atoms with van der Waals surface area (Å²) in [7, 11) is 1.69. The molecule has 1 N–H and O–H groups in total. The lowest BCUT2D eigenvalue weighted by molar-refractivity contribution is -0.113. The number of fused-ring (bicyclic) bond motifs is 1. The minimum Gasteiger partial charge on any atom is -0.325 e. The predicted molar refractivity (Wildman–Crippen MR) is 105 cm³/mol. The molecule has 1 amide bonds. The van der Waals surface area contributed by atoms with Crippen molar-refractivity contribution in [1.82, 2.24) is 9.55 Å². The van der Waals surface area contributed by atoms with Gasteiger partial charge in [0.15, 0.2) is 5.16 Å². The number of rotatable bonds is 5. The van der Waals surface area contributed by atoms with Gasteiger partial charge in [0.1, 0.15) is 4.70 Å². The topological polar surface area (TPSA) is 64.0 Å². The third-order valence-electron chi connectivity index (χ3n) is 3.98. The Morgan fingerprint density at radius 2 is 2.16 bits per heavy atom.